The minimum Gasteiger partial charge on any atom is -0.287 e. The van der Waals surface area contributed by atoms with E-state index in [9.17, 15) is 13.2 Å². The highest BCUT2D eigenvalue weighted by Gasteiger charge is 2.37. The van der Waals surface area contributed by atoms with E-state index >= 15 is 0 Å². The van der Waals surface area contributed by atoms with E-state index in [1.807, 2.05) is 18.2 Å². The first-order valence-corrected chi connectivity index (χ1v) is 10.9. The van der Waals surface area contributed by atoms with Crippen molar-refractivity contribution in [1.82, 2.24) is 0 Å². The summed E-state index contributed by atoms with van der Waals surface area (Å²) in [5.74, 6) is 0.297. The Morgan fingerprint density at radius 1 is 1.05 bits per heavy atom. The Labute approximate surface area is 121 Å². The molecule has 20 heavy (non-hydrogen) atoms. The zero-order valence-corrected chi connectivity index (χ0v) is 13.8. The molecule has 0 N–H and O–H groups in total. The summed E-state index contributed by atoms with van der Waals surface area (Å²) in [4.78, 5) is 0. The second kappa shape index (κ2) is 6.00. The van der Waals surface area contributed by atoms with Crippen LogP contribution in [-0.4, -0.2) is 35.9 Å². The van der Waals surface area contributed by atoms with Crippen LogP contribution in [0.3, 0.4) is 0 Å². The van der Waals surface area contributed by atoms with Gasteiger partial charge in [-0.25, -0.2) is 0 Å². The third-order valence-corrected chi connectivity index (χ3v) is 9.87. The molecule has 0 aliphatic rings. The van der Waals surface area contributed by atoms with Gasteiger partial charge in [0.25, 0.3) is 0 Å². The maximum atomic E-state index is 12.5. The van der Waals surface area contributed by atoms with Gasteiger partial charge in [0.15, 0.2) is 0 Å². The Hall–Kier alpha value is -0.640. The average Bonchev–Trinajstić information content (AvgIpc) is 2.34. The summed E-state index contributed by atoms with van der Waals surface area (Å²) in [6.45, 7) is 2.12. The second-order valence-electron chi connectivity index (χ2n) is 7.21. The van der Waals surface area contributed by atoms with Gasteiger partial charge in [0, 0.05) is 6.42 Å². The summed E-state index contributed by atoms with van der Waals surface area (Å²) < 4.78 is 37.5. The van der Waals surface area contributed by atoms with E-state index in [2.05, 4.69) is 37.8 Å². The van der Waals surface area contributed by atoms with Crippen molar-refractivity contribution >= 4 is 9.16 Å². The Balaban J connectivity index is 2.61. The van der Waals surface area contributed by atoms with Crippen LogP contribution in [0.15, 0.2) is 30.3 Å². The van der Waals surface area contributed by atoms with Crippen molar-refractivity contribution in [2.75, 3.05) is 24.5 Å². The molecule has 0 heterocycles. The van der Waals surface area contributed by atoms with E-state index in [0.29, 0.717) is 11.0 Å². The summed E-state index contributed by atoms with van der Waals surface area (Å²) in [5.41, 5.74) is 1.27. The number of rotatable bonds is 6. The molecule has 0 spiro atoms. The topological polar surface area (TPSA) is 0 Å². The lowest BCUT2D eigenvalue weighted by Crippen LogP contribution is -2.32. The molecule has 4 heteroatoms. The smallest absolute Gasteiger partial charge is 0.287 e. The summed E-state index contributed by atoms with van der Waals surface area (Å²) in [7, 11) is -2.27. The van der Waals surface area contributed by atoms with Gasteiger partial charge in [-0.05, 0) is 48.2 Å². The van der Waals surface area contributed by atoms with Crippen LogP contribution < -0.4 is 0 Å². The van der Waals surface area contributed by atoms with E-state index in [4.69, 9.17) is 0 Å². The lowest BCUT2D eigenvalue weighted by Gasteiger charge is -2.57. The summed E-state index contributed by atoms with van der Waals surface area (Å²) in [6.07, 6.45) is 3.49. The number of benzene rings is 1. The van der Waals surface area contributed by atoms with E-state index < -0.39 is 21.8 Å². The van der Waals surface area contributed by atoms with Crippen molar-refractivity contribution in [2.45, 2.75) is 37.6 Å². The summed E-state index contributed by atoms with van der Waals surface area (Å²) in [5, 5.41) is 0.351. The van der Waals surface area contributed by atoms with Crippen molar-refractivity contribution in [2.24, 2.45) is 0 Å². The van der Waals surface area contributed by atoms with Gasteiger partial charge in [-0.1, -0.05) is 37.3 Å². The highest BCUT2D eigenvalue weighted by Crippen LogP contribution is 2.65. The summed E-state index contributed by atoms with van der Waals surface area (Å²) in [6, 6.07) is 10.2. The predicted octanol–water partition coefficient (Wildman–Crippen LogP) is 4.92. The third kappa shape index (κ3) is 5.78. The van der Waals surface area contributed by atoms with Crippen LogP contribution in [0.1, 0.15) is 25.3 Å². The van der Waals surface area contributed by atoms with Crippen molar-refractivity contribution in [3.05, 3.63) is 35.9 Å². The van der Waals surface area contributed by atoms with Gasteiger partial charge in [-0.15, -0.1) is 0 Å². The lowest BCUT2D eigenvalue weighted by atomic mass is 10.1. The standard InChI is InChI=1S/C16H27F3S/c1-14(10-11-15-8-6-5-7-9-15)20(2,3,4)13-12-16(17,18)19/h5-9,14,20H,10-13H2,1-4H3. The van der Waals surface area contributed by atoms with Gasteiger partial charge in [-0.2, -0.15) is 13.2 Å². The van der Waals surface area contributed by atoms with Crippen molar-refractivity contribution in [3.8, 4) is 0 Å². The Bertz CT molecular complexity index is 415. The lowest BCUT2D eigenvalue weighted by molar-refractivity contribution is -0.129. The fourth-order valence-electron chi connectivity index (χ4n) is 2.25. The Morgan fingerprint density at radius 3 is 2.10 bits per heavy atom. The molecule has 0 nitrogen and oxygen atoms in total. The highest BCUT2D eigenvalue weighted by molar-refractivity contribution is 8.48. The number of hydrogen-bond donors (Lipinski definition) is 1. The molecule has 0 fully saturated rings. The molecule has 0 aliphatic heterocycles. The molecule has 0 amide bonds. The van der Waals surface area contributed by atoms with Crippen LogP contribution in [0.2, 0.25) is 0 Å². The molecule has 1 atom stereocenters. The van der Waals surface area contributed by atoms with E-state index in [0.717, 1.165) is 12.8 Å². The maximum absolute atomic E-state index is 12.5. The van der Waals surface area contributed by atoms with Gasteiger partial charge in [-0.3, -0.25) is 9.16 Å². The number of aryl methyl sites for hydroxylation is 1. The number of thiol groups is 1. The van der Waals surface area contributed by atoms with Gasteiger partial charge in [0.05, 0.1) is 0 Å². The third-order valence-electron chi connectivity index (χ3n) is 4.52. The molecule has 0 bridgehead atoms. The van der Waals surface area contributed by atoms with Crippen LogP contribution in [0.5, 0.6) is 0 Å². The SMILES string of the molecule is CC(CCc1ccccc1)[SH](C)(C)(C)CCC(F)(F)F. The largest absolute Gasteiger partial charge is 0.389 e. The first-order valence-electron chi connectivity index (χ1n) is 7.09. The van der Waals surface area contributed by atoms with Crippen LogP contribution in [0.4, 0.5) is 13.2 Å². The second-order valence-corrected chi connectivity index (χ2v) is 15.0. The van der Waals surface area contributed by atoms with Crippen molar-refractivity contribution < 1.29 is 13.2 Å². The van der Waals surface area contributed by atoms with Gasteiger partial charge >= 0.3 is 6.18 Å². The number of alkyl halides is 3. The average molecular weight is 308 g/mol. The normalized spacial score (nSPS) is 16.4. The molecule has 0 saturated carbocycles. The van der Waals surface area contributed by atoms with Gasteiger partial charge < -0.3 is 0 Å². The molecule has 0 aliphatic carbocycles. The highest BCUT2D eigenvalue weighted by atomic mass is 32.3. The van der Waals surface area contributed by atoms with Crippen LogP contribution in [-0.2, 0) is 6.42 Å². The molecule has 0 radical (unpaired) electrons. The molecular weight excluding hydrogens is 281 g/mol. The van der Waals surface area contributed by atoms with E-state index in [1.54, 1.807) is 0 Å². The molecule has 0 aromatic heterocycles. The monoisotopic (exact) mass is 308 g/mol. The van der Waals surface area contributed by atoms with Crippen LogP contribution in [0.25, 0.3) is 0 Å². The summed E-state index contributed by atoms with van der Waals surface area (Å²) >= 11 is 0. The van der Waals surface area contributed by atoms with Crippen LogP contribution in [0, 0.1) is 0 Å². The Kier molecular flexibility index (Phi) is 5.23. The molecular formula is C16H27F3S. The molecule has 1 aromatic rings. The first kappa shape index (κ1) is 17.4. The molecule has 1 unspecified atom stereocenters. The van der Waals surface area contributed by atoms with E-state index in [-0.39, 0.29) is 0 Å². The van der Waals surface area contributed by atoms with E-state index in [1.165, 1.54) is 5.56 Å². The molecule has 118 valence electrons. The number of halogens is 3. The van der Waals surface area contributed by atoms with Crippen LogP contribution >= 0.6 is 9.16 Å². The zero-order valence-electron chi connectivity index (χ0n) is 12.9. The molecule has 1 aromatic carbocycles. The molecule has 0 saturated heterocycles. The quantitative estimate of drug-likeness (QED) is 0.708. The minimum atomic E-state index is -4.04. The number of hydrogen-bond acceptors (Lipinski definition) is 0. The molecule has 1 rings (SSSR count). The van der Waals surface area contributed by atoms with Crippen molar-refractivity contribution in [3.63, 3.8) is 0 Å². The van der Waals surface area contributed by atoms with Gasteiger partial charge in [0.2, 0.25) is 0 Å². The zero-order chi connectivity index (χ0) is 15.5. The fourth-order valence-corrected chi connectivity index (χ4v) is 4.83. The fraction of sp³-hybridized carbons (Fsp3) is 0.625. The first-order chi connectivity index (χ1) is 8.98. The van der Waals surface area contributed by atoms with Gasteiger partial charge in [0.1, 0.15) is 0 Å². The maximum Gasteiger partial charge on any atom is 0.389 e. The Morgan fingerprint density at radius 2 is 1.60 bits per heavy atom. The predicted molar refractivity (Wildman–Crippen MR) is 86.5 cm³/mol. The minimum absolute atomic E-state index is 0.297. The van der Waals surface area contributed by atoms with Crippen molar-refractivity contribution in [1.29, 1.82) is 0 Å².